The molecule has 1 atom stereocenters. The Morgan fingerprint density at radius 2 is 0.481 bits per heavy atom. The Bertz CT molecular complexity index is 1900. The fraction of sp³-hybridized carbons (Fsp3) is 0.560. The van der Waals surface area contributed by atoms with Gasteiger partial charge in [-0.15, -0.1) is 0 Å². The van der Waals surface area contributed by atoms with E-state index in [1.54, 1.807) is 0 Å². The van der Waals surface area contributed by atoms with Gasteiger partial charge in [-0.25, -0.2) is 0 Å². The summed E-state index contributed by atoms with van der Waals surface area (Å²) in [6.45, 7) is 6.33. The van der Waals surface area contributed by atoms with Gasteiger partial charge < -0.3 is 14.2 Å². The Balaban J connectivity index is 4.40. The van der Waals surface area contributed by atoms with Crippen LogP contribution in [0.2, 0.25) is 0 Å². The molecular weight excluding hydrogens is 997 g/mol. The summed E-state index contributed by atoms with van der Waals surface area (Å²) >= 11 is 0. The maximum Gasteiger partial charge on any atom is 0.306 e. The lowest BCUT2D eigenvalue weighted by Gasteiger charge is -2.18. The number of hydrogen-bond acceptors (Lipinski definition) is 6. The monoisotopic (exact) mass is 1110 g/mol. The number of unbranched alkanes of at least 4 members (excludes halogenated alkanes) is 15. The van der Waals surface area contributed by atoms with Gasteiger partial charge in [-0.2, -0.15) is 0 Å². The summed E-state index contributed by atoms with van der Waals surface area (Å²) in [5.41, 5.74) is 0. The molecule has 0 bridgehead atoms. The molecule has 0 aliphatic rings. The minimum absolute atomic E-state index is 0.108. The Kier molecular flexibility index (Phi) is 62.5. The van der Waals surface area contributed by atoms with E-state index in [0.717, 1.165) is 167 Å². The molecule has 0 amide bonds. The molecule has 0 N–H and O–H groups in total. The van der Waals surface area contributed by atoms with E-state index in [9.17, 15) is 14.4 Å². The van der Waals surface area contributed by atoms with Crippen molar-refractivity contribution in [2.24, 2.45) is 0 Å². The Hall–Kier alpha value is -5.49. The van der Waals surface area contributed by atoms with Crippen LogP contribution < -0.4 is 0 Å². The smallest absolute Gasteiger partial charge is 0.306 e. The molecule has 452 valence electrons. The molecule has 0 radical (unpaired) electrons. The fourth-order valence-corrected chi connectivity index (χ4v) is 8.14. The third-order valence-corrected chi connectivity index (χ3v) is 12.9. The molecule has 0 aromatic heterocycles. The molecule has 0 fully saturated rings. The van der Waals surface area contributed by atoms with Crippen LogP contribution in [-0.4, -0.2) is 37.2 Å². The quantitative estimate of drug-likeness (QED) is 0.0261. The van der Waals surface area contributed by atoms with Crippen molar-refractivity contribution in [2.45, 2.75) is 258 Å². The molecule has 0 aromatic rings. The van der Waals surface area contributed by atoms with E-state index in [2.05, 4.69) is 203 Å². The highest BCUT2D eigenvalue weighted by Gasteiger charge is 2.19. The summed E-state index contributed by atoms with van der Waals surface area (Å²) < 4.78 is 16.8. The van der Waals surface area contributed by atoms with Gasteiger partial charge in [0.15, 0.2) is 6.10 Å². The molecule has 0 aromatic carbocycles. The molecule has 81 heavy (non-hydrogen) atoms. The lowest BCUT2D eigenvalue weighted by Crippen LogP contribution is -2.30. The van der Waals surface area contributed by atoms with Crippen LogP contribution in [0.1, 0.15) is 252 Å². The van der Waals surface area contributed by atoms with Crippen LogP contribution in [0.5, 0.6) is 0 Å². The van der Waals surface area contributed by atoms with E-state index in [1.807, 2.05) is 0 Å². The topological polar surface area (TPSA) is 78.9 Å². The van der Waals surface area contributed by atoms with E-state index >= 15 is 0 Å². The third kappa shape index (κ3) is 65.2. The minimum atomic E-state index is -0.816. The average molecular weight is 1110 g/mol. The van der Waals surface area contributed by atoms with Crippen molar-refractivity contribution in [3.63, 3.8) is 0 Å². The molecule has 0 saturated heterocycles. The number of rotatable bonds is 56. The molecule has 6 heteroatoms. The van der Waals surface area contributed by atoms with Crippen molar-refractivity contribution < 1.29 is 28.6 Å². The molecule has 0 rings (SSSR count). The number of allylic oxidation sites excluding steroid dienone is 30. The second-order valence-electron chi connectivity index (χ2n) is 20.6. The van der Waals surface area contributed by atoms with E-state index in [-0.39, 0.29) is 37.5 Å². The Morgan fingerprint density at radius 3 is 0.765 bits per heavy atom. The van der Waals surface area contributed by atoms with Crippen molar-refractivity contribution in [1.29, 1.82) is 0 Å². The molecule has 0 heterocycles. The second kappa shape index (κ2) is 67.0. The predicted molar refractivity (Wildman–Crippen MR) is 352 cm³/mol. The first-order valence-electron chi connectivity index (χ1n) is 32.3. The Labute approximate surface area is 497 Å². The molecule has 0 aliphatic heterocycles. The molecule has 1 unspecified atom stereocenters. The zero-order chi connectivity index (χ0) is 58.5. The van der Waals surface area contributed by atoms with Gasteiger partial charge in [0.1, 0.15) is 13.2 Å². The van der Waals surface area contributed by atoms with Gasteiger partial charge in [-0.05, 0) is 141 Å². The van der Waals surface area contributed by atoms with E-state index in [0.29, 0.717) is 19.3 Å². The van der Waals surface area contributed by atoms with Crippen molar-refractivity contribution >= 4 is 17.9 Å². The molecule has 0 spiro atoms. The van der Waals surface area contributed by atoms with Crippen LogP contribution >= 0.6 is 0 Å². The van der Waals surface area contributed by atoms with Gasteiger partial charge in [-0.1, -0.05) is 274 Å². The number of carbonyl (C=O) groups is 3. The second-order valence-corrected chi connectivity index (χ2v) is 20.6. The standard InChI is InChI=1S/C75H116O6/c1-4-7-10-13-16-19-21-23-25-27-29-31-33-35-36-37-38-40-41-43-45-47-49-51-53-56-59-62-65-68-74(77)80-71-72(70-79-73(76)67-64-61-58-55-18-15-12-9-6-3)81-75(78)69-66-63-60-57-54-52-50-48-46-44-42-39-34-32-30-28-26-24-22-20-17-14-11-8-5-2/h7-8,10-11,16-17,19-20,23-26,29-32,35-36,38-40,42-43,45-46,48-49,51-52,54,72H,4-6,9,12-15,18,21-22,27-28,33-34,37,41,44,47,50,53,55-71H2,1-3H3/b10-7-,11-8-,19-16-,20-17-,25-23-,26-24-,31-29-,32-30-,36-35-,40-38-,42-39-,45-43-,48-46-,51-49-,54-52-. The minimum Gasteiger partial charge on any atom is -0.462 e. The number of ether oxygens (including phenoxy) is 3. The van der Waals surface area contributed by atoms with Crippen molar-refractivity contribution in [2.75, 3.05) is 13.2 Å². The lowest BCUT2D eigenvalue weighted by atomic mass is 10.1. The van der Waals surface area contributed by atoms with Gasteiger partial charge in [-0.3, -0.25) is 14.4 Å². The maximum absolute atomic E-state index is 12.9. The van der Waals surface area contributed by atoms with Gasteiger partial charge in [0, 0.05) is 19.3 Å². The van der Waals surface area contributed by atoms with E-state index in [1.165, 1.54) is 38.5 Å². The third-order valence-electron chi connectivity index (χ3n) is 12.9. The first kappa shape index (κ1) is 75.5. The van der Waals surface area contributed by atoms with Crippen molar-refractivity contribution in [1.82, 2.24) is 0 Å². The number of esters is 3. The maximum atomic E-state index is 12.9. The van der Waals surface area contributed by atoms with Crippen molar-refractivity contribution in [3.8, 4) is 0 Å². The summed E-state index contributed by atoms with van der Waals surface area (Å²) in [6.07, 6.45) is 100. The van der Waals surface area contributed by atoms with Crippen LogP contribution in [0.3, 0.4) is 0 Å². The number of carbonyl (C=O) groups excluding carboxylic acids is 3. The molecule has 6 nitrogen and oxygen atoms in total. The highest BCUT2D eigenvalue weighted by atomic mass is 16.6. The van der Waals surface area contributed by atoms with Gasteiger partial charge in [0.2, 0.25) is 0 Å². The zero-order valence-corrected chi connectivity index (χ0v) is 51.7. The summed E-state index contributed by atoms with van der Waals surface area (Å²) in [7, 11) is 0. The van der Waals surface area contributed by atoms with Gasteiger partial charge in [0.05, 0.1) is 0 Å². The largest absolute Gasteiger partial charge is 0.462 e. The predicted octanol–water partition coefficient (Wildman–Crippen LogP) is 22.4. The van der Waals surface area contributed by atoms with Crippen LogP contribution in [0.4, 0.5) is 0 Å². The number of hydrogen-bond donors (Lipinski definition) is 0. The first-order chi connectivity index (χ1) is 40.0. The summed E-state index contributed by atoms with van der Waals surface area (Å²) in [6, 6.07) is 0. The SMILES string of the molecule is CC/C=C\C/C=C\C/C=C\C/C=C\C/C=C\C/C=C\C/C=C\C/C=C\CCCCCCC(=O)OCC(COC(=O)CCCCCCCCCCC)OC(=O)CCCCC/C=C\C/C=C\C/C=C\C/C=C\C/C=C\C/C=C\C/C=C\CC. The van der Waals surface area contributed by atoms with E-state index < -0.39 is 6.10 Å². The van der Waals surface area contributed by atoms with Crippen molar-refractivity contribution in [3.05, 3.63) is 182 Å². The van der Waals surface area contributed by atoms with Gasteiger partial charge >= 0.3 is 17.9 Å². The highest BCUT2D eigenvalue weighted by molar-refractivity contribution is 5.71. The zero-order valence-electron chi connectivity index (χ0n) is 51.7. The first-order valence-corrected chi connectivity index (χ1v) is 32.3. The fourth-order valence-electron chi connectivity index (χ4n) is 8.14. The molecule has 0 saturated carbocycles. The van der Waals surface area contributed by atoms with Crippen LogP contribution in [0, 0.1) is 0 Å². The normalized spacial score (nSPS) is 13.4. The lowest BCUT2D eigenvalue weighted by molar-refractivity contribution is -0.167. The van der Waals surface area contributed by atoms with Crippen LogP contribution in [0.15, 0.2) is 182 Å². The average Bonchev–Trinajstić information content (AvgIpc) is 3.47. The van der Waals surface area contributed by atoms with Crippen LogP contribution in [-0.2, 0) is 28.6 Å². The summed E-state index contributed by atoms with van der Waals surface area (Å²) in [4.78, 5) is 38.2. The highest BCUT2D eigenvalue weighted by Crippen LogP contribution is 2.13. The molecule has 0 aliphatic carbocycles. The summed E-state index contributed by atoms with van der Waals surface area (Å²) in [5.74, 6) is -0.978. The van der Waals surface area contributed by atoms with E-state index in [4.69, 9.17) is 14.2 Å². The Morgan fingerprint density at radius 1 is 0.259 bits per heavy atom. The molecular formula is C75H116O6. The van der Waals surface area contributed by atoms with Gasteiger partial charge in [0.25, 0.3) is 0 Å². The summed E-state index contributed by atoms with van der Waals surface area (Å²) in [5, 5.41) is 0. The van der Waals surface area contributed by atoms with Crippen LogP contribution in [0.25, 0.3) is 0 Å².